The molecule has 0 bridgehead atoms. The summed E-state index contributed by atoms with van der Waals surface area (Å²) in [4.78, 5) is 0. The molecule has 0 aliphatic rings. The SMILES string of the molecule is Cc1ccc(O)c(C(C)Nc2ccccc2Cl)c1. The number of rotatable bonds is 3. The second kappa shape index (κ2) is 5.32. The minimum atomic E-state index is -0.00944. The summed E-state index contributed by atoms with van der Waals surface area (Å²) in [6, 6.07) is 13.2. The highest BCUT2D eigenvalue weighted by atomic mass is 35.5. The molecule has 0 radical (unpaired) electrons. The van der Waals surface area contributed by atoms with E-state index in [4.69, 9.17) is 11.6 Å². The first kappa shape index (κ1) is 12.8. The van der Waals surface area contributed by atoms with Gasteiger partial charge in [0.2, 0.25) is 0 Å². The maximum absolute atomic E-state index is 9.88. The molecule has 2 N–H and O–H groups in total. The molecule has 0 aromatic heterocycles. The molecule has 1 atom stereocenters. The Morgan fingerprint density at radius 1 is 1.17 bits per heavy atom. The van der Waals surface area contributed by atoms with Gasteiger partial charge in [0.1, 0.15) is 5.75 Å². The molecule has 0 saturated heterocycles. The Labute approximate surface area is 112 Å². The molecular weight excluding hydrogens is 246 g/mol. The van der Waals surface area contributed by atoms with E-state index < -0.39 is 0 Å². The van der Waals surface area contributed by atoms with Crippen LogP contribution in [-0.2, 0) is 0 Å². The van der Waals surface area contributed by atoms with Crippen LogP contribution in [0.3, 0.4) is 0 Å². The Morgan fingerprint density at radius 2 is 1.89 bits per heavy atom. The quantitative estimate of drug-likeness (QED) is 0.851. The van der Waals surface area contributed by atoms with E-state index in [9.17, 15) is 5.11 Å². The number of phenolic OH excluding ortho intramolecular Hbond substituents is 1. The average molecular weight is 262 g/mol. The van der Waals surface area contributed by atoms with Gasteiger partial charge in [0.05, 0.1) is 16.8 Å². The largest absolute Gasteiger partial charge is 0.508 e. The zero-order valence-electron chi connectivity index (χ0n) is 10.4. The highest BCUT2D eigenvalue weighted by molar-refractivity contribution is 6.33. The highest BCUT2D eigenvalue weighted by Gasteiger charge is 2.11. The molecule has 0 saturated carbocycles. The van der Waals surface area contributed by atoms with Crippen molar-refractivity contribution < 1.29 is 5.11 Å². The summed E-state index contributed by atoms with van der Waals surface area (Å²) in [7, 11) is 0. The van der Waals surface area contributed by atoms with E-state index in [2.05, 4.69) is 5.32 Å². The molecular formula is C15H16ClNO. The Morgan fingerprint density at radius 3 is 2.61 bits per heavy atom. The lowest BCUT2D eigenvalue weighted by molar-refractivity contribution is 0.465. The van der Waals surface area contributed by atoms with Crippen LogP contribution in [-0.4, -0.2) is 5.11 Å². The van der Waals surface area contributed by atoms with Gasteiger partial charge >= 0.3 is 0 Å². The summed E-state index contributed by atoms with van der Waals surface area (Å²) in [6.45, 7) is 4.00. The molecule has 1 unspecified atom stereocenters. The lowest BCUT2D eigenvalue weighted by Gasteiger charge is -2.18. The number of benzene rings is 2. The van der Waals surface area contributed by atoms with Crippen LogP contribution < -0.4 is 5.32 Å². The molecule has 2 aromatic carbocycles. The first-order valence-electron chi connectivity index (χ1n) is 5.88. The van der Waals surface area contributed by atoms with Crippen molar-refractivity contribution in [3.05, 3.63) is 58.6 Å². The summed E-state index contributed by atoms with van der Waals surface area (Å²) in [5, 5.41) is 13.9. The predicted octanol–water partition coefficient (Wildman–Crippen LogP) is 4.53. The molecule has 2 rings (SSSR count). The molecule has 2 nitrogen and oxygen atoms in total. The maximum atomic E-state index is 9.88. The molecule has 0 heterocycles. The number of para-hydroxylation sites is 1. The van der Waals surface area contributed by atoms with Gasteiger partial charge in [0, 0.05) is 5.56 Å². The number of anilines is 1. The van der Waals surface area contributed by atoms with Crippen LogP contribution in [0.2, 0.25) is 5.02 Å². The lowest BCUT2D eigenvalue weighted by atomic mass is 10.0. The molecule has 0 spiro atoms. The molecule has 3 heteroatoms. The Balaban J connectivity index is 2.25. The topological polar surface area (TPSA) is 32.3 Å². The summed E-state index contributed by atoms with van der Waals surface area (Å²) in [6.07, 6.45) is 0. The smallest absolute Gasteiger partial charge is 0.120 e. The Kier molecular flexibility index (Phi) is 3.78. The van der Waals surface area contributed by atoms with Crippen molar-refractivity contribution in [1.82, 2.24) is 0 Å². The van der Waals surface area contributed by atoms with Crippen molar-refractivity contribution in [1.29, 1.82) is 0 Å². The minimum Gasteiger partial charge on any atom is -0.508 e. The molecule has 18 heavy (non-hydrogen) atoms. The zero-order chi connectivity index (χ0) is 13.1. The summed E-state index contributed by atoms with van der Waals surface area (Å²) in [5.41, 5.74) is 2.86. The van der Waals surface area contributed by atoms with Crippen molar-refractivity contribution in [2.75, 3.05) is 5.32 Å². The van der Waals surface area contributed by atoms with Crippen LogP contribution in [0.4, 0.5) is 5.69 Å². The standard InChI is InChI=1S/C15H16ClNO/c1-10-7-8-15(18)12(9-10)11(2)17-14-6-4-3-5-13(14)16/h3-9,11,17-18H,1-2H3. The van der Waals surface area contributed by atoms with E-state index in [1.165, 1.54) is 0 Å². The molecule has 94 valence electrons. The van der Waals surface area contributed by atoms with E-state index in [1.807, 2.05) is 50.2 Å². The van der Waals surface area contributed by atoms with Gasteiger partial charge in [-0.15, -0.1) is 0 Å². The predicted molar refractivity (Wildman–Crippen MR) is 76.3 cm³/mol. The number of aryl methyl sites for hydroxylation is 1. The molecule has 0 fully saturated rings. The third-order valence-corrected chi connectivity index (χ3v) is 3.22. The molecule has 0 aliphatic heterocycles. The van der Waals surface area contributed by atoms with Gasteiger partial charge in [-0.2, -0.15) is 0 Å². The normalized spacial score (nSPS) is 12.2. The van der Waals surface area contributed by atoms with Gasteiger partial charge in [-0.3, -0.25) is 0 Å². The number of aromatic hydroxyl groups is 1. The molecule has 2 aromatic rings. The average Bonchev–Trinajstić information content (AvgIpc) is 2.35. The number of hydrogen-bond acceptors (Lipinski definition) is 2. The third-order valence-electron chi connectivity index (χ3n) is 2.90. The van der Waals surface area contributed by atoms with E-state index in [0.717, 1.165) is 16.8 Å². The van der Waals surface area contributed by atoms with Crippen LogP contribution in [0.15, 0.2) is 42.5 Å². The fourth-order valence-electron chi connectivity index (χ4n) is 1.91. The van der Waals surface area contributed by atoms with Crippen molar-refractivity contribution in [3.8, 4) is 5.75 Å². The van der Waals surface area contributed by atoms with Gasteiger partial charge in [-0.1, -0.05) is 41.4 Å². The van der Waals surface area contributed by atoms with Crippen LogP contribution in [0, 0.1) is 6.92 Å². The van der Waals surface area contributed by atoms with Crippen molar-refractivity contribution >= 4 is 17.3 Å². The van der Waals surface area contributed by atoms with E-state index >= 15 is 0 Å². The fourth-order valence-corrected chi connectivity index (χ4v) is 2.10. The second-order valence-electron chi connectivity index (χ2n) is 4.41. The summed E-state index contributed by atoms with van der Waals surface area (Å²) in [5.74, 6) is 0.299. The van der Waals surface area contributed by atoms with Crippen molar-refractivity contribution in [3.63, 3.8) is 0 Å². The summed E-state index contributed by atoms with van der Waals surface area (Å²) < 4.78 is 0. The minimum absolute atomic E-state index is 0.00944. The van der Waals surface area contributed by atoms with E-state index in [-0.39, 0.29) is 6.04 Å². The number of phenols is 1. The third kappa shape index (κ3) is 2.77. The Bertz CT molecular complexity index is 554. The number of halogens is 1. The lowest BCUT2D eigenvalue weighted by Crippen LogP contribution is -2.07. The van der Waals surface area contributed by atoms with Gasteiger partial charge in [0.25, 0.3) is 0 Å². The van der Waals surface area contributed by atoms with Gasteiger partial charge in [0.15, 0.2) is 0 Å². The highest BCUT2D eigenvalue weighted by Crippen LogP contribution is 2.30. The first-order valence-corrected chi connectivity index (χ1v) is 6.26. The monoisotopic (exact) mass is 261 g/mol. The van der Waals surface area contributed by atoms with Gasteiger partial charge < -0.3 is 10.4 Å². The van der Waals surface area contributed by atoms with Gasteiger partial charge in [-0.05, 0) is 32.0 Å². The van der Waals surface area contributed by atoms with Crippen molar-refractivity contribution in [2.24, 2.45) is 0 Å². The second-order valence-corrected chi connectivity index (χ2v) is 4.82. The van der Waals surface area contributed by atoms with Crippen LogP contribution in [0.5, 0.6) is 5.75 Å². The van der Waals surface area contributed by atoms with E-state index in [1.54, 1.807) is 6.07 Å². The fraction of sp³-hybridized carbons (Fsp3) is 0.200. The van der Waals surface area contributed by atoms with Crippen LogP contribution in [0.1, 0.15) is 24.1 Å². The number of nitrogens with one attached hydrogen (secondary N) is 1. The Hall–Kier alpha value is -1.67. The number of hydrogen-bond donors (Lipinski definition) is 2. The first-order chi connectivity index (χ1) is 8.58. The van der Waals surface area contributed by atoms with Gasteiger partial charge in [-0.25, -0.2) is 0 Å². The molecule has 0 aliphatic carbocycles. The molecule has 0 amide bonds. The van der Waals surface area contributed by atoms with Crippen LogP contribution >= 0.6 is 11.6 Å². The summed E-state index contributed by atoms with van der Waals surface area (Å²) >= 11 is 6.10. The van der Waals surface area contributed by atoms with E-state index in [0.29, 0.717) is 10.8 Å². The zero-order valence-corrected chi connectivity index (χ0v) is 11.2. The van der Waals surface area contributed by atoms with Crippen molar-refractivity contribution in [2.45, 2.75) is 19.9 Å². The van der Waals surface area contributed by atoms with Crippen LogP contribution in [0.25, 0.3) is 0 Å². The maximum Gasteiger partial charge on any atom is 0.120 e.